The van der Waals surface area contributed by atoms with Crippen LogP contribution in [-0.2, 0) is 4.79 Å². The van der Waals surface area contributed by atoms with Crippen molar-refractivity contribution in [2.45, 2.75) is 26.8 Å². The fraction of sp³-hybridized carbons (Fsp3) is 0.360. The topological polar surface area (TPSA) is 39.7 Å². The molecule has 2 aliphatic rings. The van der Waals surface area contributed by atoms with Crippen molar-refractivity contribution in [2.75, 3.05) is 42.5 Å². The average Bonchev–Trinajstić information content (AvgIpc) is 3.33. The number of allylic oxidation sites excluding steroid dienone is 1. The Labute approximate surface area is 198 Å². The molecule has 1 unspecified atom stereocenters. The van der Waals surface area contributed by atoms with Crippen molar-refractivity contribution in [3.05, 3.63) is 58.6 Å². The summed E-state index contributed by atoms with van der Waals surface area (Å²) in [5.41, 5.74) is 3.77. The quantitative estimate of drug-likeness (QED) is 0.489. The molecule has 3 heterocycles. The van der Waals surface area contributed by atoms with E-state index < -0.39 is 0 Å². The summed E-state index contributed by atoms with van der Waals surface area (Å²) in [5.74, 6) is 1.19. The van der Waals surface area contributed by atoms with E-state index in [0.29, 0.717) is 11.6 Å². The maximum absolute atomic E-state index is 13.3. The van der Waals surface area contributed by atoms with Gasteiger partial charge in [0.15, 0.2) is 0 Å². The number of piperazine rings is 1. The molecule has 32 heavy (non-hydrogen) atoms. The van der Waals surface area contributed by atoms with Gasteiger partial charge < -0.3 is 9.80 Å². The largest absolute Gasteiger partial charge is 0.353 e. The Hall–Kier alpha value is -2.41. The minimum absolute atomic E-state index is 0.0849. The minimum Gasteiger partial charge on any atom is -0.353 e. The Morgan fingerprint density at radius 1 is 1.12 bits per heavy atom. The van der Waals surface area contributed by atoms with Crippen LogP contribution in [0.4, 0.5) is 11.5 Å². The van der Waals surface area contributed by atoms with E-state index in [2.05, 4.69) is 41.0 Å². The first kappa shape index (κ1) is 21.4. The molecule has 1 saturated heterocycles. The lowest BCUT2D eigenvalue weighted by Crippen LogP contribution is -2.52. The molecular weight excluding hydrogens is 440 g/mol. The third kappa shape index (κ3) is 3.70. The van der Waals surface area contributed by atoms with E-state index in [1.165, 1.54) is 10.1 Å². The summed E-state index contributed by atoms with van der Waals surface area (Å²) in [6.45, 7) is 10.6. The van der Waals surface area contributed by atoms with Gasteiger partial charge in [0.25, 0.3) is 5.91 Å². The van der Waals surface area contributed by atoms with Gasteiger partial charge >= 0.3 is 0 Å². The Morgan fingerprint density at radius 3 is 2.62 bits per heavy atom. The Bertz CT molecular complexity index is 1210. The van der Waals surface area contributed by atoms with Crippen molar-refractivity contribution in [3.8, 4) is 0 Å². The van der Waals surface area contributed by atoms with Crippen molar-refractivity contribution >= 4 is 56.2 Å². The first-order valence-electron chi connectivity index (χ1n) is 11.1. The highest BCUT2D eigenvalue weighted by molar-refractivity contribution is 7.13. The van der Waals surface area contributed by atoms with E-state index in [1.54, 1.807) is 11.5 Å². The van der Waals surface area contributed by atoms with Crippen LogP contribution in [0.15, 0.2) is 48.0 Å². The molecule has 5 nitrogen and oxygen atoms in total. The number of benzene rings is 2. The third-order valence-corrected chi connectivity index (χ3v) is 7.57. The SMILES string of the molecule is CC(C)=C1C(=O)N(CC(C)N2CCN(c3nsc4ccccc34)CC2)c2cc(Cl)ccc21. The number of amides is 1. The third-order valence-electron chi connectivity index (χ3n) is 6.52. The number of hydrogen-bond acceptors (Lipinski definition) is 5. The van der Waals surface area contributed by atoms with Gasteiger partial charge in [0.1, 0.15) is 5.82 Å². The Kier molecular flexibility index (Phi) is 5.70. The number of anilines is 2. The van der Waals surface area contributed by atoms with Gasteiger partial charge in [-0.25, -0.2) is 0 Å². The Morgan fingerprint density at radius 2 is 1.88 bits per heavy atom. The van der Waals surface area contributed by atoms with Crippen molar-refractivity contribution in [1.29, 1.82) is 0 Å². The fourth-order valence-electron chi connectivity index (χ4n) is 4.82. The highest BCUT2D eigenvalue weighted by Crippen LogP contribution is 2.40. The van der Waals surface area contributed by atoms with Crippen molar-refractivity contribution < 1.29 is 4.79 Å². The van der Waals surface area contributed by atoms with Gasteiger partial charge in [-0.2, -0.15) is 4.37 Å². The van der Waals surface area contributed by atoms with Crippen LogP contribution in [0.3, 0.4) is 0 Å². The summed E-state index contributed by atoms with van der Waals surface area (Å²) in [4.78, 5) is 20.0. The van der Waals surface area contributed by atoms with Crippen LogP contribution in [0.25, 0.3) is 15.7 Å². The van der Waals surface area contributed by atoms with Crippen LogP contribution in [0, 0.1) is 0 Å². The fourth-order valence-corrected chi connectivity index (χ4v) is 5.78. The second-order valence-electron chi connectivity index (χ2n) is 8.83. The van der Waals surface area contributed by atoms with Gasteiger partial charge in [-0.1, -0.05) is 35.4 Å². The van der Waals surface area contributed by atoms with Crippen LogP contribution in [0.1, 0.15) is 26.3 Å². The second-order valence-corrected chi connectivity index (χ2v) is 10.1. The highest BCUT2D eigenvalue weighted by Gasteiger charge is 2.35. The monoisotopic (exact) mass is 466 g/mol. The molecule has 1 amide bonds. The molecule has 1 atom stereocenters. The first-order chi connectivity index (χ1) is 15.4. The zero-order valence-corrected chi connectivity index (χ0v) is 20.2. The molecule has 1 aromatic heterocycles. The zero-order chi connectivity index (χ0) is 22.4. The number of halogens is 1. The maximum Gasteiger partial charge on any atom is 0.258 e. The second kappa shape index (κ2) is 8.50. The smallest absolute Gasteiger partial charge is 0.258 e. The van der Waals surface area contributed by atoms with Gasteiger partial charge in [-0.05, 0) is 56.6 Å². The van der Waals surface area contributed by atoms with E-state index >= 15 is 0 Å². The van der Waals surface area contributed by atoms with E-state index in [9.17, 15) is 4.79 Å². The normalized spacial score (nSPS) is 17.9. The van der Waals surface area contributed by atoms with Gasteiger partial charge in [-0.3, -0.25) is 9.69 Å². The first-order valence-corrected chi connectivity index (χ1v) is 12.2. The van der Waals surface area contributed by atoms with E-state index in [1.807, 2.05) is 36.9 Å². The molecule has 0 bridgehead atoms. The average molecular weight is 467 g/mol. The standard InChI is InChI=1S/C25H27ClN4OS/c1-16(2)23-19-9-8-18(26)14-21(19)30(25(23)31)15-17(3)28-10-12-29(13-11-28)24-20-6-4-5-7-22(20)32-27-24/h4-9,14,17H,10-13,15H2,1-3H3. The molecule has 0 N–H and O–H groups in total. The molecule has 3 aromatic rings. The lowest BCUT2D eigenvalue weighted by molar-refractivity contribution is -0.113. The highest BCUT2D eigenvalue weighted by atomic mass is 35.5. The molecule has 0 aliphatic carbocycles. The molecular formula is C25H27ClN4OS. The summed E-state index contributed by atoms with van der Waals surface area (Å²) < 4.78 is 5.95. The number of aromatic nitrogens is 1. The van der Waals surface area contributed by atoms with Crippen molar-refractivity contribution in [3.63, 3.8) is 0 Å². The minimum atomic E-state index is 0.0849. The molecule has 5 rings (SSSR count). The van der Waals surface area contributed by atoms with E-state index in [0.717, 1.165) is 54.4 Å². The molecule has 2 aliphatic heterocycles. The summed E-state index contributed by atoms with van der Waals surface area (Å²) in [7, 11) is 0. The summed E-state index contributed by atoms with van der Waals surface area (Å²) in [5, 5.41) is 1.90. The summed E-state index contributed by atoms with van der Waals surface area (Å²) in [6, 6.07) is 14.4. The van der Waals surface area contributed by atoms with Crippen molar-refractivity contribution in [1.82, 2.24) is 9.27 Å². The molecule has 0 radical (unpaired) electrons. The zero-order valence-electron chi connectivity index (χ0n) is 18.6. The molecule has 7 heteroatoms. The van der Waals surface area contributed by atoms with Crippen LogP contribution < -0.4 is 9.80 Å². The molecule has 0 spiro atoms. The van der Waals surface area contributed by atoms with Gasteiger partial charge in [-0.15, -0.1) is 0 Å². The molecule has 0 saturated carbocycles. The summed E-state index contributed by atoms with van der Waals surface area (Å²) in [6.07, 6.45) is 0. The lowest BCUT2D eigenvalue weighted by atomic mass is 10.0. The number of hydrogen-bond donors (Lipinski definition) is 0. The number of fused-ring (bicyclic) bond motifs is 2. The van der Waals surface area contributed by atoms with Crippen LogP contribution in [-0.4, -0.2) is 53.9 Å². The number of nitrogens with zero attached hydrogens (tertiary/aromatic N) is 4. The molecule has 166 valence electrons. The summed E-state index contributed by atoms with van der Waals surface area (Å²) >= 11 is 7.85. The Balaban J connectivity index is 1.29. The predicted octanol–water partition coefficient (Wildman–Crippen LogP) is 5.30. The maximum atomic E-state index is 13.3. The number of carbonyl (C=O) groups excluding carboxylic acids is 1. The number of carbonyl (C=O) groups is 1. The molecule has 1 fully saturated rings. The van der Waals surface area contributed by atoms with Crippen LogP contribution in [0.2, 0.25) is 5.02 Å². The number of rotatable bonds is 4. The van der Waals surface area contributed by atoms with Gasteiger partial charge in [0.05, 0.1) is 10.4 Å². The van der Waals surface area contributed by atoms with E-state index in [4.69, 9.17) is 16.0 Å². The lowest BCUT2D eigenvalue weighted by Gasteiger charge is -2.39. The van der Waals surface area contributed by atoms with Crippen LogP contribution >= 0.6 is 23.1 Å². The molecule has 2 aromatic carbocycles. The van der Waals surface area contributed by atoms with E-state index in [-0.39, 0.29) is 11.9 Å². The van der Waals surface area contributed by atoms with Gasteiger partial charge in [0.2, 0.25) is 0 Å². The van der Waals surface area contributed by atoms with Crippen LogP contribution in [0.5, 0.6) is 0 Å². The van der Waals surface area contributed by atoms with Gasteiger partial charge in [0, 0.05) is 60.3 Å². The van der Waals surface area contributed by atoms with Crippen molar-refractivity contribution in [2.24, 2.45) is 0 Å². The predicted molar refractivity (Wildman–Crippen MR) is 135 cm³/mol.